The lowest BCUT2D eigenvalue weighted by Gasteiger charge is -2.13. The Morgan fingerprint density at radius 3 is 2.54 bits per heavy atom. The van der Waals surface area contributed by atoms with E-state index in [0.29, 0.717) is 22.5 Å². The number of anilines is 1. The largest absolute Gasteiger partial charge is 0.507 e. The van der Waals surface area contributed by atoms with Crippen molar-refractivity contribution in [1.29, 1.82) is 0 Å². The Balaban J connectivity index is 1.73. The van der Waals surface area contributed by atoms with Crippen molar-refractivity contribution in [3.8, 4) is 16.9 Å². The molecule has 0 spiro atoms. The topological polar surface area (TPSA) is 49.6 Å². The first-order valence-electron chi connectivity index (χ1n) is 9.10. The third-order valence-electron chi connectivity index (χ3n) is 4.79. The number of phenolic OH excluding ortho intramolecular Hbond substituents is 1. The summed E-state index contributed by atoms with van der Waals surface area (Å²) in [5.41, 5.74) is 4.58. The monoisotopic (exact) mass is 393 g/mol. The van der Waals surface area contributed by atoms with Gasteiger partial charge in [-0.25, -0.2) is 4.52 Å². The molecule has 2 aromatic heterocycles. The van der Waals surface area contributed by atoms with Crippen LogP contribution in [-0.2, 0) is 13.0 Å². The van der Waals surface area contributed by atoms with Crippen LogP contribution in [0.4, 0.5) is 9.70 Å². The number of aromatic nitrogens is 2. The summed E-state index contributed by atoms with van der Waals surface area (Å²) in [6, 6.07) is 19.3. The predicted octanol–water partition coefficient (Wildman–Crippen LogP) is 5.86. The van der Waals surface area contributed by atoms with Gasteiger partial charge in [0.2, 0.25) is 0 Å². The van der Waals surface area contributed by atoms with Gasteiger partial charge in [-0.2, -0.15) is 8.98 Å². The number of phenols is 1. The third kappa shape index (κ3) is 3.55. The molecule has 2 heterocycles. The lowest BCUT2D eigenvalue weighted by molar-refractivity contribution is 0.477. The molecule has 0 amide bonds. The van der Waals surface area contributed by atoms with E-state index in [-0.39, 0.29) is 17.9 Å². The maximum Gasteiger partial charge on any atom is 0.129 e. The van der Waals surface area contributed by atoms with Crippen molar-refractivity contribution in [1.82, 2.24) is 9.61 Å². The van der Waals surface area contributed by atoms with Gasteiger partial charge in [-0.15, -0.1) is 0 Å². The van der Waals surface area contributed by atoms with Crippen LogP contribution in [0, 0.1) is 0 Å². The molecule has 4 aromatic rings. The van der Waals surface area contributed by atoms with Crippen LogP contribution in [0.1, 0.15) is 18.1 Å². The molecular formula is C22H20FN3OS. The molecule has 0 aliphatic rings. The highest BCUT2D eigenvalue weighted by molar-refractivity contribution is 7.94. The second-order valence-corrected chi connectivity index (χ2v) is 7.15. The molecule has 0 bridgehead atoms. The first kappa shape index (κ1) is 18.4. The number of pyridine rings is 1. The van der Waals surface area contributed by atoms with Gasteiger partial charge in [0.15, 0.2) is 0 Å². The number of nitrogens with zero attached hydrogens (tertiary/aromatic N) is 2. The Bertz CT molecular complexity index is 1110. The van der Waals surface area contributed by atoms with Gasteiger partial charge < -0.3 is 10.4 Å². The number of halogens is 1. The SMILES string of the molecule is CCc1ccc(CNc2cc(-c3ccccc3O)cc3c(SF)cnn23)cc1. The highest BCUT2D eigenvalue weighted by Gasteiger charge is 2.13. The van der Waals surface area contributed by atoms with Crippen LogP contribution >= 0.6 is 12.1 Å². The maximum absolute atomic E-state index is 13.3. The van der Waals surface area contributed by atoms with Crippen LogP contribution in [-0.4, -0.2) is 14.7 Å². The van der Waals surface area contributed by atoms with Gasteiger partial charge in [0.05, 0.1) is 28.8 Å². The third-order valence-corrected chi connectivity index (χ3v) is 5.27. The predicted molar refractivity (Wildman–Crippen MR) is 112 cm³/mol. The van der Waals surface area contributed by atoms with Crippen LogP contribution in [0.3, 0.4) is 0 Å². The molecule has 0 saturated heterocycles. The fraction of sp³-hybridized carbons (Fsp3) is 0.136. The van der Waals surface area contributed by atoms with E-state index in [1.165, 1.54) is 11.8 Å². The summed E-state index contributed by atoms with van der Waals surface area (Å²) in [7, 11) is 0. The van der Waals surface area contributed by atoms with E-state index in [1.54, 1.807) is 16.6 Å². The summed E-state index contributed by atoms with van der Waals surface area (Å²) in [6.07, 6.45) is 2.52. The van der Waals surface area contributed by atoms with E-state index in [9.17, 15) is 8.99 Å². The summed E-state index contributed by atoms with van der Waals surface area (Å²) in [6.45, 7) is 2.74. The molecule has 0 saturated carbocycles. The Kier molecular flexibility index (Phi) is 5.21. The van der Waals surface area contributed by atoms with Crippen LogP contribution in [0.15, 0.2) is 71.8 Å². The molecule has 28 heavy (non-hydrogen) atoms. The van der Waals surface area contributed by atoms with E-state index in [4.69, 9.17) is 0 Å². The number of hydrogen-bond acceptors (Lipinski definition) is 4. The fourth-order valence-electron chi connectivity index (χ4n) is 3.21. The quantitative estimate of drug-likeness (QED) is 0.431. The van der Waals surface area contributed by atoms with Crippen molar-refractivity contribution in [3.63, 3.8) is 0 Å². The van der Waals surface area contributed by atoms with Gasteiger partial charge in [0, 0.05) is 12.1 Å². The molecule has 0 radical (unpaired) electrons. The van der Waals surface area contributed by atoms with E-state index in [2.05, 4.69) is 41.6 Å². The highest BCUT2D eigenvalue weighted by Crippen LogP contribution is 2.34. The second kappa shape index (κ2) is 7.94. The molecule has 0 fully saturated rings. The van der Waals surface area contributed by atoms with Crippen molar-refractivity contribution >= 4 is 23.5 Å². The zero-order chi connectivity index (χ0) is 19.5. The summed E-state index contributed by atoms with van der Waals surface area (Å²) < 4.78 is 15.0. The molecule has 4 nitrogen and oxygen atoms in total. The lowest BCUT2D eigenvalue weighted by Crippen LogP contribution is -2.05. The summed E-state index contributed by atoms with van der Waals surface area (Å²) in [5.74, 6) is 0.914. The van der Waals surface area contributed by atoms with Crippen molar-refractivity contribution < 1.29 is 8.99 Å². The van der Waals surface area contributed by atoms with Gasteiger partial charge >= 0.3 is 0 Å². The average Bonchev–Trinajstić information content (AvgIpc) is 3.16. The number of nitrogens with one attached hydrogen (secondary N) is 1. The zero-order valence-electron chi connectivity index (χ0n) is 15.4. The maximum atomic E-state index is 13.3. The summed E-state index contributed by atoms with van der Waals surface area (Å²) >= 11 is 0.167. The normalized spacial score (nSPS) is 11.1. The zero-order valence-corrected chi connectivity index (χ0v) is 16.2. The number of benzene rings is 2. The number of para-hydroxylation sites is 1. The number of aromatic hydroxyl groups is 1. The molecule has 2 aromatic carbocycles. The van der Waals surface area contributed by atoms with Gasteiger partial charge in [0.1, 0.15) is 11.6 Å². The van der Waals surface area contributed by atoms with E-state index in [1.807, 2.05) is 24.3 Å². The number of rotatable bonds is 6. The van der Waals surface area contributed by atoms with Gasteiger partial charge in [-0.1, -0.05) is 49.4 Å². The molecule has 0 aliphatic heterocycles. The van der Waals surface area contributed by atoms with Crippen molar-refractivity contribution in [2.45, 2.75) is 24.8 Å². The lowest BCUT2D eigenvalue weighted by atomic mass is 10.1. The molecule has 0 unspecified atom stereocenters. The average molecular weight is 393 g/mol. The Hall–Kier alpha value is -2.99. The molecular weight excluding hydrogens is 373 g/mol. The van der Waals surface area contributed by atoms with Crippen molar-refractivity contribution in [3.05, 3.63) is 78.0 Å². The molecule has 0 aliphatic carbocycles. The molecule has 6 heteroatoms. The smallest absolute Gasteiger partial charge is 0.129 e. The number of fused-ring (bicyclic) bond motifs is 1. The molecule has 0 atom stereocenters. The van der Waals surface area contributed by atoms with Crippen LogP contribution in [0.5, 0.6) is 5.75 Å². The highest BCUT2D eigenvalue weighted by atomic mass is 32.2. The first-order chi connectivity index (χ1) is 13.7. The second-order valence-electron chi connectivity index (χ2n) is 6.55. The Morgan fingerprint density at radius 1 is 1.07 bits per heavy atom. The Labute approximate surface area is 167 Å². The van der Waals surface area contributed by atoms with Gasteiger partial charge in [0.25, 0.3) is 0 Å². The summed E-state index contributed by atoms with van der Waals surface area (Å²) in [5, 5.41) is 18.0. The molecule has 4 rings (SSSR count). The van der Waals surface area contributed by atoms with E-state index in [0.717, 1.165) is 23.4 Å². The minimum Gasteiger partial charge on any atom is -0.507 e. The molecule has 2 N–H and O–H groups in total. The fourth-order valence-corrected chi connectivity index (χ4v) is 3.52. The van der Waals surface area contributed by atoms with Crippen LogP contribution in [0.25, 0.3) is 16.6 Å². The van der Waals surface area contributed by atoms with E-state index >= 15 is 0 Å². The number of hydrogen-bond donors (Lipinski definition) is 2. The van der Waals surface area contributed by atoms with Crippen molar-refractivity contribution in [2.75, 3.05) is 5.32 Å². The Morgan fingerprint density at radius 2 is 1.82 bits per heavy atom. The van der Waals surface area contributed by atoms with Crippen molar-refractivity contribution in [2.24, 2.45) is 0 Å². The molecule has 142 valence electrons. The van der Waals surface area contributed by atoms with E-state index < -0.39 is 0 Å². The summed E-state index contributed by atoms with van der Waals surface area (Å²) in [4.78, 5) is 0.438. The minimum absolute atomic E-state index is 0.167. The van der Waals surface area contributed by atoms with Crippen LogP contribution < -0.4 is 5.32 Å². The van der Waals surface area contributed by atoms with Gasteiger partial charge in [-0.05, 0) is 41.3 Å². The van der Waals surface area contributed by atoms with Gasteiger partial charge in [-0.3, -0.25) is 0 Å². The first-order valence-corrected chi connectivity index (χ1v) is 9.81. The number of aryl methyl sites for hydroxylation is 1. The minimum atomic E-state index is 0.167. The standard InChI is InChI=1S/C22H20FN3OS/c1-2-15-7-9-16(10-8-15)13-24-22-12-17(18-5-3-4-6-20(18)27)11-19-21(28-23)14-25-26(19)22/h3-12,14,24,27H,2,13H2,1H3. The van der Waals surface area contributed by atoms with Crippen LogP contribution in [0.2, 0.25) is 0 Å².